The second-order valence-corrected chi connectivity index (χ2v) is 9.21. The van der Waals surface area contributed by atoms with Crippen LogP contribution in [0, 0.1) is 0 Å². The fraction of sp³-hybridized carbons (Fsp3) is 0.458. The molecule has 1 fully saturated rings. The number of hydrogen-bond acceptors (Lipinski definition) is 6. The topological polar surface area (TPSA) is 70.4 Å². The van der Waals surface area contributed by atoms with Crippen LogP contribution in [0.3, 0.4) is 0 Å². The largest absolute Gasteiger partial charge is 0.491 e. The van der Waals surface area contributed by atoms with Gasteiger partial charge in [0.2, 0.25) is 0 Å². The van der Waals surface area contributed by atoms with Crippen LogP contribution in [0.1, 0.15) is 58.9 Å². The zero-order valence-electron chi connectivity index (χ0n) is 18.2. The summed E-state index contributed by atoms with van der Waals surface area (Å²) in [5.41, 5.74) is 1.50. The first-order valence-corrected chi connectivity index (χ1v) is 11.8. The van der Waals surface area contributed by atoms with Crippen LogP contribution >= 0.6 is 11.3 Å². The van der Waals surface area contributed by atoms with Crippen molar-refractivity contribution in [3.63, 3.8) is 0 Å². The Bertz CT molecular complexity index is 1110. The number of ether oxygens (including phenoxy) is 2. The van der Waals surface area contributed by atoms with Gasteiger partial charge >= 0.3 is 5.97 Å². The summed E-state index contributed by atoms with van der Waals surface area (Å²) in [6, 6.07) is 6.96. The quantitative estimate of drug-likeness (QED) is 0.483. The molecule has 3 aromatic rings. The van der Waals surface area contributed by atoms with Crippen LogP contribution in [-0.4, -0.2) is 27.7 Å². The molecule has 2 aromatic heterocycles. The maximum atomic E-state index is 13.3. The molecular weight excluding hydrogens is 412 g/mol. The number of aromatic nitrogens is 2. The number of carbonyl (C=O) groups excluding carboxylic acids is 1. The Hall–Kier alpha value is -2.67. The minimum atomic E-state index is -0.721. The smallest absolute Gasteiger partial charge is 0.329 e. The number of nitrogens with zero attached hydrogens (tertiary/aromatic N) is 2. The van der Waals surface area contributed by atoms with Crippen LogP contribution in [0.5, 0.6) is 5.75 Å². The SMILES string of the molecule is CC(C)Oc1ccc(-c2csc3ncn([C@@H](C)C(=O)OC4CCCCC4)c(=O)c23)cc1. The zero-order chi connectivity index (χ0) is 22.0. The first kappa shape index (κ1) is 21.6. The van der Waals surface area contributed by atoms with Gasteiger partial charge in [0.05, 0.1) is 17.8 Å². The van der Waals surface area contributed by atoms with E-state index in [0.717, 1.165) is 42.6 Å². The monoisotopic (exact) mass is 440 g/mol. The molecule has 0 N–H and O–H groups in total. The van der Waals surface area contributed by atoms with Crippen molar-refractivity contribution < 1.29 is 14.3 Å². The lowest BCUT2D eigenvalue weighted by Crippen LogP contribution is -2.32. The number of hydrogen-bond donors (Lipinski definition) is 0. The minimum Gasteiger partial charge on any atom is -0.491 e. The Morgan fingerprint density at radius 1 is 1.13 bits per heavy atom. The van der Waals surface area contributed by atoms with Crippen LogP contribution in [-0.2, 0) is 9.53 Å². The van der Waals surface area contributed by atoms with Gasteiger partial charge < -0.3 is 9.47 Å². The number of benzene rings is 1. The molecule has 0 aliphatic heterocycles. The lowest BCUT2D eigenvalue weighted by molar-refractivity contribution is -0.154. The highest BCUT2D eigenvalue weighted by atomic mass is 32.1. The molecule has 6 nitrogen and oxygen atoms in total. The van der Waals surface area contributed by atoms with E-state index in [1.54, 1.807) is 6.92 Å². The highest BCUT2D eigenvalue weighted by molar-refractivity contribution is 7.17. The van der Waals surface area contributed by atoms with Crippen LogP contribution in [0.15, 0.2) is 40.8 Å². The Morgan fingerprint density at radius 2 is 1.84 bits per heavy atom. The van der Waals surface area contributed by atoms with E-state index in [9.17, 15) is 9.59 Å². The van der Waals surface area contributed by atoms with Crippen molar-refractivity contribution in [2.24, 2.45) is 0 Å². The molecule has 1 saturated carbocycles. The average molecular weight is 441 g/mol. The van der Waals surface area contributed by atoms with Gasteiger partial charge in [-0.3, -0.25) is 9.36 Å². The Kier molecular flexibility index (Phi) is 6.41. The molecule has 0 radical (unpaired) electrons. The summed E-state index contributed by atoms with van der Waals surface area (Å²) < 4.78 is 12.8. The minimum absolute atomic E-state index is 0.0422. The molecule has 31 heavy (non-hydrogen) atoms. The molecule has 7 heteroatoms. The van der Waals surface area contributed by atoms with E-state index in [2.05, 4.69) is 4.98 Å². The van der Waals surface area contributed by atoms with E-state index >= 15 is 0 Å². The van der Waals surface area contributed by atoms with Gasteiger partial charge in [-0.1, -0.05) is 18.6 Å². The van der Waals surface area contributed by atoms with Crippen molar-refractivity contribution in [2.45, 2.75) is 71.1 Å². The molecular formula is C24H28N2O4S. The highest BCUT2D eigenvalue weighted by Crippen LogP contribution is 2.32. The zero-order valence-corrected chi connectivity index (χ0v) is 19.0. The Balaban J connectivity index is 1.62. The maximum Gasteiger partial charge on any atom is 0.329 e. The van der Waals surface area contributed by atoms with Gasteiger partial charge in [0.25, 0.3) is 5.56 Å². The lowest BCUT2D eigenvalue weighted by atomic mass is 9.98. The highest BCUT2D eigenvalue weighted by Gasteiger charge is 2.25. The molecule has 0 saturated heterocycles. The molecule has 0 amide bonds. The van der Waals surface area contributed by atoms with E-state index in [4.69, 9.17) is 9.47 Å². The molecule has 1 atom stereocenters. The molecule has 4 rings (SSSR count). The van der Waals surface area contributed by atoms with Crippen LogP contribution in [0.2, 0.25) is 0 Å². The predicted octanol–water partition coefficient (Wildman–Crippen LogP) is 5.35. The maximum absolute atomic E-state index is 13.3. The fourth-order valence-corrected chi connectivity index (χ4v) is 4.88. The molecule has 0 spiro atoms. The summed E-state index contributed by atoms with van der Waals surface area (Å²) >= 11 is 1.42. The summed E-state index contributed by atoms with van der Waals surface area (Å²) in [6.07, 6.45) is 6.66. The van der Waals surface area contributed by atoms with Gasteiger partial charge in [-0.05, 0) is 64.2 Å². The second kappa shape index (κ2) is 9.22. The number of esters is 1. The van der Waals surface area contributed by atoms with Gasteiger partial charge in [-0.25, -0.2) is 9.78 Å². The predicted molar refractivity (Wildman–Crippen MR) is 123 cm³/mol. The molecule has 0 bridgehead atoms. The molecule has 164 valence electrons. The molecule has 1 aliphatic carbocycles. The van der Waals surface area contributed by atoms with Gasteiger partial charge in [-0.15, -0.1) is 11.3 Å². The van der Waals surface area contributed by atoms with Crippen LogP contribution in [0.25, 0.3) is 21.3 Å². The van der Waals surface area contributed by atoms with Crippen molar-refractivity contribution in [3.8, 4) is 16.9 Å². The van der Waals surface area contributed by atoms with Crippen LogP contribution < -0.4 is 10.3 Å². The normalized spacial score (nSPS) is 15.9. The van der Waals surface area contributed by atoms with E-state index in [1.807, 2.05) is 43.5 Å². The Labute approximate surface area is 185 Å². The fourth-order valence-electron chi connectivity index (χ4n) is 3.98. The molecule has 2 heterocycles. The third kappa shape index (κ3) is 4.66. The summed E-state index contributed by atoms with van der Waals surface area (Å²) in [4.78, 5) is 31.1. The summed E-state index contributed by atoms with van der Waals surface area (Å²) in [7, 11) is 0. The summed E-state index contributed by atoms with van der Waals surface area (Å²) in [5, 5.41) is 2.47. The average Bonchev–Trinajstić information content (AvgIpc) is 3.19. The van der Waals surface area contributed by atoms with E-state index in [1.165, 1.54) is 28.7 Å². The van der Waals surface area contributed by atoms with Crippen LogP contribution in [0.4, 0.5) is 0 Å². The Morgan fingerprint density at radius 3 is 2.52 bits per heavy atom. The van der Waals surface area contributed by atoms with Gasteiger partial charge in [-0.2, -0.15) is 0 Å². The van der Waals surface area contributed by atoms with Crippen molar-refractivity contribution in [3.05, 3.63) is 46.3 Å². The number of carbonyl (C=O) groups is 1. The van der Waals surface area contributed by atoms with Gasteiger partial charge in [0, 0.05) is 10.9 Å². The number of thiophene rings is 1. The van der Waals surface area contributed by atoms with Crippen molar-refractivity contribution in [1.82, 2.24) is 9.55 Å². The number of fused-ring (bicyclic) bond motifs is 1. The summed E-state index contributed by atoms with van der Waals surface area (Å²) in [6.45, 7) is 5.66. The van der Waals surface area contributed by atoms with Crippen molar-refractivity contribution in [1.29, 1.82) is 0 Å². The van der Waals surface area contributed by atoms with Gasteiger partial charge in [0.1, 0.15) is 22.7 Å². The van der Waals surface area contributed by atoms with E-state index in [0.29, 0.717) is 10.2 Å². The number of rotatable bonds is 6. The van der Waals surface area contributed by atoms with Gasteiger partial charge in [0.15, 0.2) is 0 Å². The lowest BCUT2D eigenvalue weighted by Gasteiger charge is -2.24. The van der Waals surface area contributed by atoms with Crippen molar-refractivity contribution in [2.75, 3.05) is 0 Å². The molecule has 1 aliphatic rings. The summed E-state index contributed by atoms with van der Waals surface area (Å²) in [5.74, 6) is 0.412. The van der Waals surface area contributed by atoms with E-state index in [-0.39, 0.29) is 23.7 Å². The third-order valence-electron chi connectivity index (χ3n) is 5.65. The first-order valence-electron chi connectivity index (χ1n) is 10.9. The second-order valence-electron chi connectivity index (χ2n) is 8.35. The van der Waals surface area contributed by atoms with E-state index < -0.39 is 6.04 Å². The third-order valence-corrected chi connectivity index (χ3v) is 6.54. The first-order chi connectivity index (χ1) is 14.9. The molecule has 1 aromatic carbocycles. The van der Waals surface area contributed by atoms with Crippen molar-refractivity contribution >= 4 is 27.5 Å². The molecule has 0 unspecified atom stereocenters. The standard InChI is InChI=1S/C24H28N2O4S/c1-15(2)29-19-11-9-17(10-12-19)20-13-31-22-21(20)23(27)26(14-25-22)16(3)24(28)30-18-7-5-4-6-8-18/h9-16,18H,4-8H2,1-3H3/t16-/m0/s1.